The molecule has 1 aromatic carbocycles. The molecule has 5 heteroatoms. The van der Waals surface area contributed by atoms with Gasteiger partial charge in [-0.05, 0) is 12.1 Å². The number of carbonyl (C=O) groups is 2. The molecule has 1 aromatic rings. The van der Waals surface area contributed by atoms with Gasteiger partial charge in [-0.2, -0.15) is 0 Å². The summed E-state index contributed by atoms with van der Waals surface area (Å²) in [7, 11) is 0. The number of carbonyl (C=O) groups excluding carboxylic acids is 1. The number of rotatable bonds is 1. The van der Waals surface area contributed by atoms with E-state index in [9.17, 15) is 4.79 Å². The molecule has 0 aromatic heterocycles. The fraction of sp³-hybridized carbons (Fsp3) is 0. The van der Waals surface area contributed by atoms with Gasteiger partial charge in [0, 0.05) is 11.8 Å². The van der Waals surface area contributed by atoms with Crippen molar-refractivity contribution in [3.63, 3.8) is 0 Å². The molecule has 0 aliphatic heterocycles. The summed E-state index contributed by atoms with van der Waals surface area (Å²) in [4.78, 5) is 18.3. The smallest absolute Gasteiger partial charge is 0.339 e. The minimum absolute atomic E-state index is 0.140. The van der Waals surface area contributed by atoms with Crippen molar-refractivity contribution in [2.24, 2.45) is 0 Å². The van der Waals surface area contributed by atoms with Crippen molar-refractivity contribution in [1.29, 1.82) is 0 Å². The molecule has 5 nitrogen and oxygen atoms in total. The number of phenols is 1. The number of benzene rings is 1. The number of hydrogen-bond acceptors (Lipinski definition) is 4. The summed E-state index contributed by atoms with van der Waals surface area (Å²) < 4.78 is 0. The van der Waals surface area contributed by atoms with E-state index in [1.54, 1.807) is 0 Å². The first kappa shape index (κ1) is 11.0. The minimum atomic E-state index is -1.16. The van der Waals surface area contributed by atoms with Crippen molar-refractivity contribution >= 4 is 18.4 Å². The minimum Gasteiger partial charge on any atom is -0.507 e. The average Bonchev–Trinajstić information content (AvgIpc) is 2.07. The lowest BCUT2D eigenvalue weighted by molar-refractivity contribution is -0.0980. The van der Waals surface area contributed by atoms with Crippen LogP contribution in [0.5, 0.6) is 5.75 Å². The van der Waals surface area contributed by atoms with Gasteiger partial charge < -0.3 is 20.7 Å². The second-order valence-corrected chi connectivity index (χ2v) is 2.08. The summed E-state index contributed by atoms with van der Waals surface area (Å²) in [6.07, 6.45) is 0. The third-order valence-electron chi connectivity index (χ3n) is 1.25. The van der Waals surface area contributed by atoms with Gasteiger partial charge in [0.2, 0.25) is 0 Å². The summed E-state index contributed by atoms with van der Waals surface area (Å²) >= 11 is 0. The molecule has 13 heavy (non-hydrogen) atoms. The number of hydrogen-bond donors (Lipinski definition) is 3. The molecular formula is C8H9NO4. The van der Waals surface area contributed by atoms with Gasteiger partial charge in [0.1, 0.15) is 18.1 Å². The van der Waals surface area contributed by atoms with Crippen molar-refractivity contribution < 1.29 is 19.8 Å². The van der Waals surface area contributed by atoms with Crippen molar-refractivity contribution in [3.8, 4) is 5.75 Å². The molecule has 4 N–H and O–H groups in total. The van der Waals surface area contributed by atoms with E-state index in [2.05, 4.69) is 0 Å². The van der Waals surface area contributed by atoms with E-state index in [0.29, 0.717) is 5.69 Å². The molecule has 0 saturated carbocycles. The Morgan fingerprint density at radius 1 is 1.38 bits per heavy atom. The maximum absolute atomic E-state index is 10.3. The lowest BCUT2D eigenvalue weighted by Crippen LogP contribution is -1.97. The Morgan fingerprint density at radius 2 is 1.92 bits per heavy atom. The molecule has 0 radical (unpaired) electrons. The fourth-order valence-electron chi connectivity index (χ4n) is 0.730. The maximum atomic E-state index is 10.3. The molecule has 1 rings (SSSR count). The highest BCUT2D eigenvalue weighted by molar-refractivity contribution is 5.91. The third kappa shape index (κ3) is 2.82. The summed E-state index contributed by atoms with van der Waals surface area (Å²) in [5.41, 5.74) is 5.48. The van der Waals surface area contributed by atoms with Crippen molar-refractivity contribution in [1.82, 2.24) is 0 Å². The Balaban J connectivity index is 0.000000671. The van der Waals surface area contributed by atoms with E-state index < -0.39 is 5.97 Å². The van der Waals surface area contributed by atoms with Gasteiger partial charge in [0.25, 0.3) is 0 Å². The van der Waals surface area contributed by atoms with Gasteiger partial charge in [0.05, 0.1) is 0 Å². The maximum Gasteiger partial charge on any atom is 0.339 e. The molecule has 0 aliphatic rings. The zero-order valence-corrected chi connectivity index (χ0v) is 6.73. The van der Waals surface area contributed by atoms with Gasteiger partial charge in [-0.15, -0.1) is 0 Å². The fourth-order valence-corrected chi connectivity index (χ4v) is 0.730. The lowest BCUT2D eigenvalue weighted by Gasteiger charge is -1.98. The Hall–Kier alpha value is -2.04. The van der Waals surface area contributed by atoms with Crippen LogP contribution in [-0.4, -0.2) is 23.0 Å². The number of nitrogen functional groups attached to an aromatic ring is 1. The topological polar surface area (TPSA) is 101 Å². The van der Waals surface area contributed by atoms with Crippen LogP contribution in [0.3, 0.4) is 0 Å². The second-order valence-electron chi connectivity index (χ2n) is 2.08. The van der Waals surface area contributed by atoms with Crippen LogP contribution < -0.4 is 5.73 Å². The van der Waals surface area contributed by atoms with Crippen molar-refractivity contribution in [2.75, 3.05) is 5.73 Å². The van der Waals surface area contributed by atoms with Gasteiger partial charge in [-0.25, -0.2) is 4.79 Å². The highest BCUT2D eigenvalue weighted by Crippen LogP contribution is 2.19. The van der Waals surface area contributed by atoms with Crippen LogP contribution in [0.4, 0.5) is 5.69 Å². The van der Waals surface area contributed by atoms with Crippen molar-refractivity contribution in [3.05, 3.63) is 23.8 Å². The molecular weight excluding hydrogens is 174 g/mol. The highest BCUT2D eigenvalue weighted by Gasteiger charge is 2.07. The zero-order valence-electron chi connectivity index (χ0n) is 6.73. The van der Waals surface area contributed by atoms with Crippen LogP contribution in [0.15, 0.2) is 18.2 Å². The predicted octanol–water partition coefficient (Wildman–Crippen LogP) is 0.488. The predicted molar refractivity (Wildman–Crippen MR) is 46.6 cm³/mol. The largest absolute Gasteiger partial charge is 0.507 e. The number of anilines is 1. The molecule has 0 spiro atoms. The summed E-state index contributed by atoms with van der Waals surface area (Å²) in [6, 6.07) is 3.87. The lowest BCUT2D eigenvalue weighted by atomic mass is 10.2. The molecule has 0 heterocycles. The van der Waals surface area contributed by atoms with Crippen LogP contribution in [0.1, 0.15) is 10.4 Å². The quantitative estimate of drug-likeness (QED) is 0.550. The van der Waals surface area contributed by atoms with Gasteiger partial charge >= 0.3 is 5.97 Å². The summed E-state index contributed by atoms with van der Waals surface area (Å²) in [6.45, 7) is 2.00. The third-order valence-corrected chi connectivity index (χ3v) is 1.25. The number of carboxylic acids is 1. The zero-order chi connectivity index (χ0) is 10.4. The molecule has 70 valence electrons. The molecule has 0 fully saturated rings. The average molecular weight is 183 g/mol. The molecule has 0 aliphatic carbocycles. The van der Waals surface area contributed by atoms with Crippen molar-refractivity contribution in [2.45, 2.75) is 0 Å². The second kappa shape index (κ2) is 4.76. The monoisotopic (exact) mass is 183 g/mol. The van der Waals surface area contributed by atoms with Crippen LogP contribution in [0, 0.1) is 0 Å². The number of carboxylic acid groups (broad SMARTS) is 1. The van der Waals surface area contributed by atoms with E-state index in [0.717, 1.165) is 0 Å². The summed E-state index contributed by atoms with van der Waals surface area (Å²) in [5.74, 6) is -1.47. The van der Waals surface area contributed by atoms with Gasteiger partial charge in [-0.3, -0.25) is 0 Å². The normalized spacial score (nSPS) is 8.31. The van der Waals surface area contributed by atoms with E-state index in [1.807, 2.05) is 6.79 Å². The van der Waals surface area contributed by atoms with Gasteiger partial charge in [0.15, 0.2) is 0 Å². The first-order chi connectivity index (χ1) is 6.11. The van der Waals surface area contributed by atoms with E-state index in [-0.39, 0.29) is 11.3 Å². The first-order valence-corrected chi connectivity index (χ1v) is 3.22. The number of aromatic hydroxyl groups is 1. The number of aromatic carboxylic acids is 1. The Morgan fingerprint density at radius 3 is 2.31 bits per heavy atom. The van der Waals surface area contributed by atoms with E-state index in [4.69, 9.17) is 20.7 Å². The standard InChI is InChI=1S/C7H7NO3.CH2O/c8-4-1-2-5(7(10)11)6(9)3-4;1-2/h1-3,9H,8H2,(H,10,11);1H2. The Bertz CT molecular complexity index is 311. The number of nitrogens with two attached hydrogens (primary N) is 1. The van der Waals surface area contributed by atoms with Crippen LogP contribution in [0.2, 0.25) is 0 Å². The molecule has 0 atom stereocenters. The molecule has 0 bridgehead atoms. The van der Waals surface area contributed by atoms with E-state index >= 15 is 0 Å². The summed E-state index contributed by atoms with van der Waals surface area (Å²) in [5, 5.41) is 17.5. The SMILES string of the molecule is C=O.Nc1ccc(C(=O)O)c(O)c1. The molecule has 0 saturated heterocycles. The van der Waals surface area contributed by atoms with Crippen LogP contribution in [-0.2, 0) is 4.79 Å². The molecule has 0 amide bonds. The molecule has 0 unspecified atom stereocenters. The first-order valence-electron chi connectivity index (χ1n) is 3.22. The highest BCUT2D eigenvalue weighted by atomic mass is 16.4. The van der Waals surface area contributed by atoms with Crippen LogP contribution >= 0.6 is 0 Å². The Labute approximate surface area is 74.4 Å². The van der Waals surface area contributed by atoms with Gasteiger partial charge in [-0.1, -0.05) is 0 Å². The Kier molecular flexibility index (Phi) is 4.01. The van der Waals surface area contributed by atoms with E-state index in [1.165, 1.54) is 18.2 Å². The van der Waals surface area contributed by atoms with Crippen LogP contribution in [0.25, 0.3) is 0 Å².